The first kappa shape index (κ1) is 18.4. The summed E-state index contributed by atoms with van der Waals surface area (Å²) in [6.07, 6.45) is 2.21. The predicted molar refractivity (Wildman–Crippen MR) is 66.4 cm³/mol. The molecule has 0 aromatic carbocycles. The number of carbonyl (C=O) groups is 1. The largest absolute Gasteiger partial charge is 0.412 e. The van der Waals surface area contributed by atoms with Gasteiger partial charge in [0.25, 0.3) is 0 Å². The van der Waals surface area contributed by atoms with E-state index in [0.717, 1.165) is 6.42 Å². The van der Waals surface area contributed by atoms with E-state index in [9.17, 15) is 13.2 Å². The van der Waals surface area contributed by atoms with E-state index in [4.69, 9.17) is 0 Å². The normalized spacial score (nSPS) is 32.8. The van der Waals surface area contributed by atoms with Crippen molar-refractivity contribution in [2.45, 2.75) is 33.1 Å². The van der Waals surface area contributed by atoms with E-state index < -0.39 is 15.5 Å². The molecule has 2 fully saturated rings. The van der Waals surface area contributed by atoms with Gasteiger partial charge in [0.2, 0.25) is 0 Å². The van der Waals surface area contributed by atoms with Crippen LogP contribution >= 0.6 is 0 Å². The van der Waals surface area contributed by atoms with Crippen LogP contribution in [0.2, 0.25) is 0 Å². The molecule has 2 bridgehead atoms. The van der Waals surface area contributed by atoms with E-state index in [1.54, 1.807) is 0 Å². The number of carbonyl (C=O) groups excluding carboxylic acids is 1. The smallest absolute Gasteiger partial charge is 0.412 e. The molecular formula is C10H19BiO6S. The van der Waals surface area contributed by atoms with Crippen molar-refractivity contribution in [1.82, 2.24) is 0 Å². The summed E-state index contributed by atoms with van der Waals surface area (Å²) in [5, 5.41) is 0. The molecule has 106 valence electrons. The second-order valence-corrected chi connectivity index (χ2v) is 8.73. The van der Waals surface area contributed by atoms with Gasteiger partial charge in [0.15, 0.2) is 0 Å². The number of hydrogen-bond acceptors (Lipinski definition) is 4. The molecule has 8 heteroatoms. The maximum Gasteiger partial charge on any atom is -0.412 e. The van der Waals surface area contributed by atoms with Crippen molar-refractivity contribution in [3.05, 3.63) is 0 Å². The van der Waals surface area contributed by atoms with Gasteiger partial charge in [0, 0.05) is 0 Å². The van der Waals surface area contributed by atoms with E-state index >= 15 is 0 Å². The summed E-state index contributed by atoms with van der Waals surface area (Å²) < 4.78 is 27.9. The molecule has 0 aliphatic heterocycles. The summed E-state index contributed by atoms with van der Waals surface area (Å²) in [4.78, 5) is 12.1. The predicted octanol–water partition coefficient (Wildman–Crippen LogP) is -0.838. The average molecular weight is 476 g/mol. The quantitative estimate of drug-likeness (QED) is 0.493. The SMILES string of the molecule is CC1(C)[C@@H]2CC[C@@]1(CS(=O)(=O)[O][Bi])C(=O)C2.O.O. The third kappa shape index (κ3) is 2.38. The van der Waals surface area contributed by atoms with E-state index in [1.807, 2.05) is 13.8 Å². The van der Waals surface area contributed by atoms with Crippen LogP contribution in [0.15, 0.2) is 0 Å². The van der Waals surface area contributed by atoms with E-state index in [0.29, 0.717) is 43.9 Å². The van der Waals surface area contributed by atoms with Crippen molar-refractivity contribution in [3.8, 4) is 0 Å². The Bertz CT molecular complexity index is 432. The van der Waals surface area contributed by atoms with E-state index in [-0.39, 0.29) is 27.9 Å². The van der Waals surface area contributed by atoms with Crippen LogP contribution in [0.4, 0.5) is 0 Å². The Balaban J connectivity index is 0.00000144. The Kier molecular flexibility index (Phi) is 5.52. The van der Waals surface area contributed by atoms with Gasteiger partial charge in [-0.05, 0) is 0 Å². The summed E-state index contributed by atoms with van der Waals surface area (Å²) in [5.41, 5.74) is -0.884. The minimum Gasteiger partial charge on any atom is -0.412 e. The molecular weight excluding hydrogens is 457 g/mol. The van der Waals surface area contributed by atoms with Crippen molar-refractivity contribution in [1.29, 1.82) is 0 Å². The number of rotatable bonds is 3. The van der Waals surface area contributed by atoms with Gasteiger partial charge in [0.05, 0.1) is 0 Å². The topological polar surface area (TPSA) is 123 Å². The molecule has 2 aliphatic carbocycles. The zero-order chi connectivity index (χ0) is 12.2. The third-order valence-corrected chi connectivity index (χ3v) is 8.40. The molecule has 2 radical (unpaired) electrons. The number of Topliss-reactive ketones (excluding diaryl/α,β-unsaturated/α-hetero) is 1. The first-order chi connectivity index (χ1) is 7.25. The van der Waals surface area contributed by atoms with Crippen LogP contribution in [0.5, 0.6) is 0 Å². The molecule has 4 N–H and O–H groups in total. The van der Waals surface area contributed by atoms with Gasteiger partial charge in [-0.15, -0.1) is 0 Å². The van der Waals surface area contributed by atoms with Crippen LogP contribution in [0.25, 0.3) is 0 Å². The zero-order valence-corrected chi connectivity index (χ0v) is 14.7. The fourth-order valence-electron chi connectivity index (χ4n) is 3.44. The average Bonchev–Trinajstić information content (AvgIpc) is 2.51. The van der Waals surface area contributed by atoms with Crippen molar-refractivity contribution in [2.75, 3.05) is 5.75 Å². The molecule has 0 spiro atoms. The van der Waals surface area contributed by atoms with Crippen LogP contribution < -0.4 is 0 Å². The summed E-state index contributed by atoms with van der Waals surface area (Å²) in [5.74, 6) is 0.341. The molecule has 2 aliphatic rings. The van der Waals surface area contributed by atoms with E-state index in [2.05, 4.69) is 2.26 Å². The number of ketones is 1. The summed E-state index contributed by atoms with van der Waals surface area (Å²) >= 11 is 0.360. The van der Waals surface area contributed by atoms with E-state index in [1.165, 1.54) is 0 Å². The van der Waals surface area contributed by atoms with Gasteiger partial charge < -0.3 is 11.0 Å². The fourth-order valence-corrected chi connectivity index (χ4v) is 5.38. The Labute approximate surface area is 123 Å². The van der Waals surface area contributed by atoms with Gasteiger partial charge in [-0.2, -0.15) is 0 Å². The Morgan fingerprint density at radius 3 is 2.28 bits per heavy atom. The third-order valence-electron chi connectivity index (χ3n) is 4.68. The Morgan fingerprint density at radius 2 is 1.94 bits per heavy atom. The van der Waals surface area contributed by atoms with Crippen molar-refractivity contribution < 1.29 is 26.4 Å². The molecule has 0 unspecified atom stereocenters. The van der Waals surface area contributed by atoms with Crippen LogP contribution in [-0.2, 0) is 17.2 Å². The molecule has 0 heterocycles. The Morgan fingerprint density at radius 1 is 1.39 bits per heavy atom. The first-order valence-corrected chi connectivity index (χ1v) is 8.34. The van der Waals surface area contributed by atoms with Gasteiger partial charge in [-0.1, -0.05) is 0 Å². The second-order valence-electron chi connectivity index (χ2n) is 5.44. The molecule has 6 nitrogen and oxygen atoms in total. The van der Waals surface area contributed by atoms with Crippen LogP contribution in [0.3, 0.4) is 0 Å². The maximum atomic E-state index is 12.1. The van der Waals surface area contributed by atoms with Crippen molar-refractivity contribution in [3.63, 3.8) is 0 Å². The molecule has 0 aromatic rings. The molecule has 2 rings (SSSR count). The van der Waals surface area contributed by atoms with Gasteiger partial charge in [-0.25, -0.2) is 0 Å². The summed E-state index contributed by atoms with van der Waals surface area (Å²) in [6.45, 7) is 4.05. The van der Waals surface area contributed by atoms with Crippen molar-refractivity contribution >= 4 is 41.1 Å². The Hall–Kier alpha value is 0.383. The first-order valence-electron chi connectivity index (χ1n) is 5.34. The molecule has 0 aromatic heterocycles. The fraction of sp³-hybridized carbons (Fsp3) is 0.900. The van der Waals surface area contributed by atoms with Gasteiger partial charge in [-0.3, -0.25) is 0 Å². The minimum atomic E-state index is -3.52. The summed E-state index contributed by atoms with van der Waals surface area (Å²) in [7, 11) is -3.52. The summed E-state index contributed by atoms with van der Waals surface area (Å²) in [6, 6.07) is 0. The monoisotopic (exact) mass is 476 g/mol. The second kappa shape index (κ2) is 5.40. The van der Waals surface area contributed by atoms with Crippen LogP contribution in [-0.4, -0.2) is 56.1 Å². The van der Waals surface area contributed by atoms with Crippen LogP contribution in [0.1, 0.15) is 33.1 Å². The minimum absolute atomic E-state index is 0. The molecule has 2 atom stereocenters. The zero-order valence-electron chi connectivity index (χ0n) is 10.4. The molecule has 18 heavy (non-hydrogen) atoms. The molecule has 0 amide bonds. The standard InChI is InChI=1S/C10H16O4S.Bi.2H2O/c1-9(2)7-3-4-10(9,8(11)5-7)6-15(12,13)14;;;/h7H,3-6H2,1-2H3,(H,12,13,14);;2*1H2/q;+1;;/p-1/t7-,10-;;;/m1.../s1. The van der Waals surface area contributed by atoms with Crippen LogP contribution in [0, 0.1) is 16.7 Å². The maximum absolute atomic E-state index is 12.1. The number of fused-ring (bicyclic) bond motifs is 2. The molecule has 2 saturated carbocycles. The number of hydrogen-bond donors (Lipinski definition) is 0. The van der Waals surface area contributed by atoms with Crippen molar-refractivity contribution in [2.24, 2.45) is 16.7 Å². The molecule has 0 saturated heterocycles. The van der Waals surface area contributed by atoms with Gasteiger partial charge >= 0.3 is 112 Å². The van der Waals surface area contributed by atoms with Gasteiger partial charge in [0.1, 0.15) is 0 Å².